The molecule has 0 saturated carbocycles. The van der Waals surface area contributed by atoms with Crippen molar-refractivity contribution in [3.05, 3.63) is 0 Å². The van der Waals surface area contributed by atoms with Crippen molar-refractivity contribution in [2.75, 3.05) is 67.0 Å². The van der Waals surface area contributed by atoms with E-state index in [0.29, 0.717) is 6.54 Å². The zero-order valence-electron chi connectivity index (χ0n) is 11.4. The maximum Gasteiger partial charge on any atom is 0.236 e. The van der Waals surface area contributed by atoms with Crippen LogP contribution in [0.25, 0.3) is 0 Å². The first-order valence-electron chi connectivity index (χ1n) is 6.41. The average molecular weight is 242 g/mol. The molecule has 1 heterocycles. The zero-order valence-corrected chi connectivity index (χ0v) is 11.4. The summed E-state index contributed by atoms with van der Waals surface area (Å²) < 4.78 is 0. The summed E-state index contributed by atoms with van der Waals surface area (Å²) in [7, 11) is 6.23. The molecule has 1 fully saturated rings. The average Bonchev–Trinajstić information content (AvgIpc) is 2.29. The molecule has 0 unspecified atom stereocenters. The summed E-state index contributed by atoms with van der Waals surface area (Å²) in [5.74, 6) is 0.239. The van der Waals surface area contributed by atoms with Gasteiger partial charge in [-0.05, 0) is 40.7 Å². The minimum Gasteiger partial charge on any atom is -0.339 e. The first-order chi connectivity index (χ1) is 8.09. The van der Waals surface area contributed by atoms with E-state index in [1.165, 1.54) is 0 Å². The lowest BCUT2D eigenvalue weighted by Crippen LogP contribution is -2.49. The molecule has 0 atom stereocenters. The van der Waals surface area contributed by atoms with Gasteiger partial charge in [0.2, 0.25) is 5.91 Å². The Kier molecular flexibility index (Phi) is 6.47. The normalized spacial score (nSPS) is 17.8. The fraction of sp³-hybridized carbons (Fsp3) is 0.917. The van der Waals surface area contributed by atoms with Crippen molar-refractivity contribution in [3.8, 4) is 0 Å². The van der Waals surface area contributed by atoms with Crippen LogP contribution in [0.15, 0.2) is 0 Å². The van der Waals surface area contributed by atoms with Crippen LogP contribution in [-0.4, -0.2) is 87.6 Å². The quantitative estimate of drug-likeness (QED) is 0.625. The number of carbonyl (C=O) groups excluding carboxylic acids is 1. The van der Waals surface area contributed by atoms with Crippen LogP contribution in [0.5, 0.6) is 0 Å². The molecule has 1 amide bonds. The Labute approximate surface area is 105 Å². The molecule has 1 saturated heterocycles. The van der Waals surface area contributed by atoms with Crippen LogP contribution in [0.4, 0.5) is 0 Å². The molecule has 0 aliphatic carbocycles. The number of likely N-dealkylation sites (N-methyl/N-ethyl adjacent to an activating group) is 1. The lowest BCUT2D eigenvalue weighted by atomic mass is 10.3. The molecule has 1 aliphatic rings. The maximum atomic E-state index is 11.8. The Bertz CT molecular complexity index is 225. The molecular weight excluding hydrogens is 216 g/mol. The van der Waals surface area contributed by atoms with E-state index in [4.69, 9.17) is 0 Å². The number of nitrogens with one attached hydrogen (secondary N) is 1. The molecule has 100 valence electrons. The predicted octanol–water partition coefficient (Wildman–Crippen LogP) is -0.698. The summed E-state index contributed by atoms with van der Waals surface area (Å²) in [5, 5.41) is 3.22. The molecule has 1 aliphatic heterocycles. The Morgan fingerprint density at radius 2 is 1.88 bits per heavy atom. The van der Waals surface area contributed by atoms with Crippen LogP contribution < -0.4 is 5.32 Å². The molecule has 1 rings (SSSR count). The van der Waals surface area contributed by atoms with Crippen molar-refractivity contribution >= 4 is 5.91 Å². The van der Waals surface area contributed by atoms with Crippen molar-refractivity contribution in [1.29, 1.82) is 0 Å². The third-order valence-corrected chi connectivity index (χ3v) is 3.09. The number of hydrogen-bond donors (Lipinski definition) is 1. The molecule has 5 nitrogen and oxygen atoms in total. The summed E-state index contributed by atoms with van der Waals surface area (Å²) in [6, 6.07) is 0. The SMILES string of the molecule is CN(C)CCCNCC(=O)N1CCN(C)CC1. The monoisotopic (exact) mass is 242 g/mol. The highest BCUT2D eigenvalue weighted by Gasteiger charge is 2.17. The smallest absolute Gasteiger partial charge is 0.236 e. The highest BCUT2D eigenvalue weighted by molar-refractivity contribution is 5.78. The van der Waals surface area contributed by atoms with Gasteiger partial charge in [0.05, 0.1) is 6.54 Å². The fourth-order valence-electron chi connectivity index (χ4n) is 1.88. The van der Waals surface area contributed by atoms with Gasteiger partial charge in [-0.25, -0.2) is 0 Å². The van der Waals surface area contributed by atoms with Gasteiger partial charge in [-0.15, -0.1) is 0 Å². The highest BCUT2D eigenvalue weighted by Crippen LogP contribution is 1.98. The zero-order chi connectivity index (χ0) is 12.7. The van der Waals surface area contributed by atoms with E-state index in [0.717, 1.165) is 45.7 Å². The fourth-order valence-corrected chi connectivity index (χ4v) is 1.88. The molecule has 0 aromatic rings. The molecule has 0 bridgehead atoms. The maximum absolute atomic E-state index is 11.8. The minimum atomic E-state index is 0.239. The van der Waals surface area contributed by atoms with E-state index in [9.17, 15) is 4.79 Å². The Hall–Kier alpha value is -0.650. The van der Waals surface area contributed by atoms with E-state index >= 15 is 0 Å². The lowest BCUT2D eigenvalue weighted by Gasteiger charge is -2.32. The van der Waals surface area contributed by atoms with Crippen LogP contribution in [0.1, 0.15) is 6.42 Å². The summed E-state index contributed by atoms with van der Waals surface area (Å²) in [6.45, 7) is 6.19. The van der Waals surface area contributed by atoms with Crippen LogP contribution in [0, 0.1) is 0 Å². The first kappa shape index (κ1) is 14.4. The summed E-state index contributed by atoms with van der Waals surface area (Å²) in [6.07, 6.45) is 1.09. The van der Waals surface area contributed by atoms with E-state index in [1.54, 1.807) is 0 Å². The molecule has 0 spiro atoms. The van der Waals surface area contributed by atoms with E-state index in [2.05, 4.69) is 36.3 Å². The molecule has 0 aromatic carbocycles. The van der Waals surface area contributed by atoms with Gasteiger partial charge >= 0.3 is 0 Å². The third kappa shape index (κ3) is 6.00. The molecule has 0 aromatic heterocycles. The molecule has 1 N–H and O–H groups in total. The van der Waals surface area contributed by atoms with Crippen LogP contribution in [0.3, 0.4) is 0 Å². The summed E-state index contributed by atoms with van der Waals surface area (Å²) >= 11 is 0. The molecule has 0 radical (unpaired) electrons. The Balaban J connectivity index is 2.05. The summed E-state index contributed by atoms with van der Waals surface area (Å²) in [5.41, 5.74) is 0. The van der Waals surface area contributed by atoms with Gasteiger partial charge < -0.3 is 20.0 Å². The molecular formula is C12H26N4O. The van der Waals surface area contributed by atoms with Crippen LogP contribution >= 0.6 is 0 Å². The van der Waals surface area contributed by atoms with Crippen molar-refractivity contribution in [3.63, 3.8) is 0 Å². The number of hydrogen-bond acceptors (Lipinski definition) is 4. The number of nitrogens with zero attached hydrogens (tertiary/aromatic N) is 3. The van der Waals surface area contributed by atoms with Gasteiger partial charge in [-0.2, -0.15) is 0 Å². The molecule has 5 heteroatoms. The van der Waals surface area contributed by atoms with Crippen molar-refractivity contribution in [2.45, 2.75) is 6.42 Å². The third-order valence-electron chi connectivity index (χ3n) is 3.09. The van der Waals surface area contributed by atoms with Gasteiger partial charge in [0, 0.05) is 26.2 Å². The topological polar surface area (TPSA) is 38.8 Å². The van der Waals surface area contributed by atoms with Gasteiger partial charge in [0.15, 0.2) is 0 Å². The minimum absolute atomic E-state index is 0.239. The molecule has 17 heavy (non-hydrogen) atoms. The Morgan fingerprint density at radius 3 is 2.47 bits per heavy atom. The largest absolute Gasteiger partial charge is 0.339 e. The van der Waals surface area contributed by atoms with Gasteiger partial charge in [0.1, 0.15) is 0 Å². The van der Waals surface area contributed by atoms with Gasteiger partial charge in [-0.1, -0.05) is 0 Å². The van der Waals surface area contributed by atoms with Crippen molar-refractivity contribution < 1.29 is 4.79 Å². The van der Waals surface area contributed by atoms with E-state index in [-0.39, 0.29) is 5.91 Å². The second-order valence-corrected chi connectivity index (χ2v) is 5.02. The lowest BCUT2D eigenvalue weighted by molar-refractivity contribution is -0.131. The van der Waals surface area contributed by atoms with Crippen molar-refractivity contribution in [1.82, 2.24) is 20.0 Å². The number of piperazine rings is 1. The summed E-state index contributed by atoms with van der Waals surface area (Å²) in [4.78, 5) is 18.2. The first-order valence-corrected chi connectivity index (χ1v) is 6.41. The van der Waals surface area contributed by atoms with Gasteiger partial charge in [-0.3, -0.25) is 4.79 Å². The Morgan fingerprint density at radius 1 is 1.24 bits per heavy atom. The van der Waals surface area contributed by atoms with Crippen LogP contribution in [0.2, 0.25) is 0 Å². The predicted molar refractivity (Wildman–Crippen MR) is 70.1 cm³/mol. The number of rotatable bonds is 6. The van der Waals surface area contributed by atoms with Crippen LogP contribution in [-0.2, 0) is 4.79 Å². The van der Waals surface area contributed by atoms with E-state index in [1.807, 2.05) is 4.90 Å². The van der Waals surface area contributed by atoms with Gasteiger partial charge in [0.25, 0.3) is 0 Å². The van der Waals surface area contributed by atoms with Crippen molar-refractivity contribution in [2.24, 2.45) is 0 Å². The number of carbonyl (C=O) groups is 1. The second kappa shape index (κ2) is 7.63. The highest BCUT2D eigenvalue weighted by atomic mass is 16.2. The second-order valence-electron chi connectivity index (χ2n) is 5.02. The standard InChI is InChI=1S/C12H26N4O/c1-14(2)6-4-5-13-11-12(17)16-9-7-15(3)8-10-16/h13H,4-11H2,1-3H3. The van der Waals surface area contributed by atoms with E-state index < -0.39 is 0 Å². The number of amides is 1.